The van der Waals surface area contributed by atoms with E-state index in [0.717, 1.165) is 28.8 Å². The normalized spacial score (nSPS) is 12.5. The molecule has 0 fully saturated rings. The van der Waals surface area contributed by atoms with Gasteiger partial charge < -0.3 is 20.2 Å². The van der Waals surface area contributed by atoms with Crippen LogP contribution in [0.25, 0.3) is 0 Å². The van der Waals surface area contributed by atoms with Crippen LogP contribution in [0.2, 0.25) is 5.04 Å². The number of carbonyl (C=O) groups excluding carboxylic acids is 1. The van der Waals surface area contributed by atoms with E-state index in [1.54, 1.807) is 12.1 Å². The smallest absolute Gasteiger partial charge is 0.325 e. The number of hydrogen-bond donors (Lipinski definition) is 3. The molecule has 0 aliphatic rings. The monoisotopic (exact) mass is 538 g/mol. The van der Waals surface area contributed by atoms with Crippen LogP contribution in [-0.4, -0.2) is 37.8 Å². The Hall–Kier alpha value is -3.07. The Morgan fingerprint density at radius 3 is 2.05 bits per heavy atom. The van der Waals surface area contributed by atoms with Crippen molar-refractivity contribution in [2.24, 2.45) is 0 Å². The van der Waals surface area contributed by atoms with Gasteiger partial charge in [0.05, 0.1) is 13.2 Å². The highest BCUT2D eigenvalue weighted by molar-refractivity contribution is 7.80. The average molecular weight is 539 g/mol. The highest BCUT2D eigenvalue weighted by Crippen LogP contribution is 2.41. The third-order valence-electron chi connectivity index (χ3n) is 6.86. The largest absolute Gasteiger partial charge is 0.468 e. The SMILES string of the molecule is COC(=O)CNC(=S)NC(CCCC(C)(C)[Si](O)(c1ccccc1)c1ccccc1)c1ccc(F)cc1. The highest BCUT2D eigenvalue weighted by Gasteiger charge is 2.49. The number of nitrogens with one attached hydrogen (secondary N) is 2. The van der Waals surface area contributed by atoms with Crippen LogP contribution in [0.15, 0.2) is 84.9 Å². The molecule has 0 radical (unpaired) electrons. The molecular weight excluding hydrogens is 503 g/mol. The Morgan fingerprint density at radius 2 is 1.54 bits per heavy atom. The first-order valence-electron chi connectivity index (χ1n) is 12.4. The Balaban J connectivity index is 1.79. The molecule has 3 aromatic carbocycles. The summed E-state index contributed by atoms with van der Waals surface area (Å²) in [7, 11) is -1.79. The summed E-state index contributed by atoms with van der Waals surface area (Å²) in [5.74, 6) is -0.730. The second-order valence-electron chi connectivity index (χ2n) is 9.73. The van der Waals surface area contributed by atoms with Gasteiger partial charge in [-0.3, -0.25) is 4.79 Å². The van der Waals surface area contributed by atoms with E-state index in [2.05, 4.69) is 29.2 Å². The minimum atomic E-state index is -3.11. The molecule has 1 unspecified atom stereocenters. The fraction of sp³-hybridized carbons (Fsp3) is 0.310. The van der Waals surface area contributed by atoms with Crippen LogP contribution in [0, 0.1) is 5.82 Å². The Kier molecular flexibility index (Phi) is 9.97. The summed E-state index contributed by atoms with van der Waals surface area (Å²) in [6.07, 6.45) is 2.25. The van der Waals surface area contributed by atoms with Crippen molar-refractivity contribution in [2.45, 2.75) is 44.2 Å². The van der Waals surface area contributed by atoms with Gasteiger partial charge in [0.1, 0.15) is 12.4 Å². The molecule has 3 N–H and O–H groups in total. The van der Waals surface area contributed by atoms with Gasteiger partial charge in [-0.15, -0.1) is 0 Å². The number of thiocarbonyl (C=S) groups is 1. The zero-order valence-electron chi connectivity index (χ0n) is 21.5. The van der Waals surface area contributed by atoms with E-state index in [1.807, 2.05) is 60.7 Å². The molecule has 0 aliphatic heterocycles. The van der Waals surface area contributed by atoms with E-state index >= 15 is 0 Å². The molecule has 3 rings (SSSR count). The lowest BCUT2D eigenvalue weighted by Crippen LogP contribution is -2.65. The summed E-state index contributed by atoms with van der Waals surface area (Å²) < 4.78 is 18.3. The average Bonchev–Trinajstić information content (AvgIpc) is 2.92. The Morgan fingerprint density at radius 1 is 1.00 bits per heavy atom. The van der Waals surface area contributed by atoms with E-state index in [-0.39, 0.29) is 23.4 Å². The Labute approximate surface area is 225 Å². The number of benzene rings is 3. The lowest BCUT2D eigenvalue weighted by molar-refractivity contribution is -0.139. The molecule has 0 heterocycles. The van der Waals surface area contributed by atoms with Crippen LogP contribution < -0.4 is 21.0 Å². The van der Waals surface area contributed by atoms with Gasteiger partial charge in [-0.1, -0.05) is 93.1 Å². The molecule has 1 atom stereocenters. The lowest BCUT2D eigenvalue weighted by atomic mass is 9.97. The lowest BCUT2D eigenvalue weighted by Gasteiger charge is -2.41. The van der Waals surface area contributed by atoms with Gasteiger partial charge in [-0.2, -0.15) is 0 Å². The van der Waals surface area contributed by atoms with Crippen molar-refractivity contribution in [2.75, 3.05) is 13.7 Å². The van der Waals surface area contributed by atoms with Crippen LogP contribution in [0.3, 0.4) is 0 Å². The van der Waals surface area contributed by atoms with Crippen LogP contribution in [-0.2, 0) is 9.53 Å². The van der Waals surface area contributed by atoms with E-state index in [9.17, 15) is 14.0 Å². The molecule has 0 spiro atoms. The van der Waals surface area contributed by atoms with Gasteiger partial charge in [0, 0.05) is 0 Å². The molecule has 0 bridgehead atoms. The molecule has 37 heavy (non-hydrogen) atoms. The number of methoxy groups -OCH3 is 1. The van der Waals surface area contributed by atoms with Crippen molar-refractivity contribution in [1.29, 1.82) is 0 Å². The quantitative estimate of drug-likeness (QED) is 0.193. The van der Waals surface area contributed by atoms with Crippen LogP contribution in [0.1, 0.15) is 44.7 Å². The summed E-state index contributed by atoms with van der Waals surface area (Å²) in [6, 6.07) is 26.1. The van der Waals surface area contributed by atoms with Crippen molar-refractivity contribution in [3.63, 3.8) is 0 Å². The third-order valence-corrected chi connectivity index (χ3v) is 11.7. The van der Waals surface area contributed by atoms with Gasteiger partial charge >= 0.3 is 5.97 Å². The molecule has 0 aromatic heterocycles. The molecule has 8 heteroatoms. The predicted octanol–water partition coefficient (Wildman–Crippen LogP) is 4.21. The standard InChI is InChI=1S/C29H35FN2O3SSi/c1-29(2,37(34,24-11-6-4-7-12-24)25-13-8-5-9-14-25)20-10-15-26(22-16-18-23(30)19-17-22)32-28(36)31-21-27(33)35-3/h4-9,11-14,16-19,26,34H,10,15,20-21H2,1-3H3,(H2,31,32,36). The maximum absolute atomic E-state index is 13.6. The van der Waals surface area contributed by atoms with Gasteiger partial charge in [0.25, 0.3) is 8.32 Å². The molecule has 196 valence electrons. The van der Waals surface area contributed by atoms with Crippen LogP contribution in [0.5, 0.6) is 0 Å². The first-order valence-corrected chi connectivity index (χ1v) is 14.7. The van der Waals surface area contributed by atoms with E-state index in [4.69, 9.17) is 12.2 Å². The molecular formula is C29H35FN2O3SSi. The van der Waals surface area contributed by atoms with Crippen molar-refractivity contribution in [1.82, 2.24) is 10.6 Å². The fourth-order valence-corrected chi connectivity index (χ4v) is 8.69. The molecule has 0 saturated heterocycles. The zero-order chi connectivity index (χ0) is 26.9. The first-order chi connectivity index (χ1) is 17.7. The fourth-order valence-electron chi connectivity index (χ4n) is 4.69. The van der Waals surface area contributed by atoms with E-state index in [0.29, 0.717) is 11.5 Å². The molecule has 5 nitrogen and oxygen atoms in total. The highest BCUT2D eigenvalue weighted by atomic mass is 32.1. The predicted molar refractivity (Wildman–Crippen MR) is 153 cm³/mol. The topological polar surface area (TPSA) is 70.6 Å². The first kappa shape index (κ1) is 28.5. The summed E-state index contributed by atoms with van der Waals surface area (Å²) in [4.78, 5) is 23.9. The van der Waals surface area contributed by atoms with E-state index < -0.39 is 14.3 Å². The van der Waals surface area contributed by atoms with Crippen molar-refractivity contribution in [3.8, 4) is 0 Å². The number of halogens is 1. The second-order valence-corrected chi connectivity index (χ2v) is 14.1. The summed E-state index contributed by atoms with van der Waals surface area (Å²) in [5, 5.41) is 8.01. The number of esters is 1. The van der Waals surface area contributed by atoms with Crippen LogP contribution in [0.4, 0.5) is 4.39 Å². The van der Waals surface area contributed by atoms with Gasteiger partial charge in [0.2, 0.25) is 0 Å². The summed E-state index contributed by atoms with van der Waals surface area (Å²) >= 11 is 5.40. The molecule has 0 amide bonds. The minimum Gasteiger partial charge on any atom is -0.468 e. The molecule has 0 saturated carbocycles. The van der Waals surface area contributed by atoms with Gasteiger partial charge in [-0.05, 0) is 58.2 Å². The number of ether oxygens (including phenoxy) is 1. The van der Waals surface area contributed by atoms with Gasteiger partial charge in [-0.25, -0.2) is 4.39 Å². The summed E-state index contributed by atoms with van der Waals surface area (Å²) in [6.45, 7) is 4.24. The molecule has 3 aromatic rings. The Bertz CT molecular complexity index is 1120. The van der Waals surface area contributed by atoms with Crippen LogP contribution >= 0.6 is 12.2 Å². The zero-order valence-corrected chi connectivity index (χ0v) is 23.4. The minimum absolute atomic E-state index is 0.0434. The second kappa shape index (κ2) is 12.9. The summed E-state index contributed by atoms with van der Waals surface area (Å²) in [5.41, 5.74) is 0.889. The van der Waals surface area contributed by atoms with Crippen molar-refractivity contribution in [3.05, 3.63) is 96.3 Å². The maximum Gasteiger partial charge on any atom is 0.325 e. The number of rotatable bonds is 11. The molecule has 0 aliphatic carbocycles. The third kappa shape index (κ3) is 7.25. The number of hydrogen-bond acceptors (Lipinski definition) is 4. The maximum atomic E-state index is 13.6. The van der Waals surface area contributed by atoms with Crippen molar-refractivity contribution >= 4 is 42.0 Å². The number of carbonyl (C=O) groups is 1. The van der Waals surface area contributed by atoms with Crippen molar-refractivity contribution < 1.29 is 18.7 Å². The van der Waals surface area contributed by atoms with Gasteiger partial charge in [0.15, 0.2) is 5.11 Å². The van der Waals surface area contributed by atoms with E-state index in [1.165, 1.54) is 19.2 Å².